The van der Waals surface area contributed by atoms with E-state index in [1.54, 1.807) is 22.8 Å². The second kappa shape index (κ2) is 11.2. The first-order valence-corrected chi connectivity index (χ1v) is 12.0. The number of hydrogen-bond acceptors (Lipinski definition) is 4. The number of halogens is 1. The van der Waals surface area contributed by atoms with Crippen LogP contribution in [0.25, 0.3) is 5.69 Å². The van der Waals surface area contributed by atoms with Gasteiger partial charge in [0, 0.05) is 31.1 Å². The van der Waals surface area contributed by atoms with Gasteiger partial charge in [-0.05, 0) is 25.0 Å². The van der Waals surface area contributed by atoms with Crippen LogP contribution < -0.4 is 5.32 Å². The third-order valence-electron chi connectivity index (χ3n) is 5.99. The molecule has 1 aliphatic rings. The molecule has 7 nitrogen and oxygen atoms in total. The first-order valence-electron chi connectivity index (χ1n) is 11.6. The molecule has 0 atom stereocenters. The second-order valence-corrected chi connectivity index (χ2v) is 10.1. The molecule has 33 heavy (non-hydrogen) atoms. The molecular weight excluding hydrogens is 440 g/mol. The van der Waals surface area contributed by atoms with E-state index in [2.05, 4.69) is 26.1 Å². The molecule has 1 saturated carbocycles. The van der Waals surface area contributed by atoms with E-state index in [4.69, 9.17) is 21.4 Å². The maximum Gasteiger partial charge on any atom is 0.245 e. The predicted molar refractivity (Wildman–Crippen MR) is 131 cm³/mol. The summed E-state index contributed by atoms with van der Waals surface area (Å²) < 4.78 is 6.84. The molecule has 0 radical (unpaired) electrons. The largest absolute Gasteiger partial charge is 0.383 e. The molecule has 2 amide bonds. The third kappa shape index (κ3) is 6.58. The van der Waals surface area contributed by atoms with Crippen LogP contribution in [-0.2, 0) is 19.7 Å². The van der Waals surface area contributed by atoms with Gasteiger partial charge in [-0.3, -0.25) is 9.59 Å². The van der Waals surface area contributed by atoms with Gasteiger partial charge in [0.1, 0.15) is 5.82 Å². The van der Waals surface area contributed by atoms with Crippen molar-refractivity contribution < 1.29 is 14.3 Å². The van der Waals surface area contributed by atoms with E-state index >= 15 is 0 Å². The highest BCUT2D eigenvalue weighted by molar-refractivity contribution is 6.32. The Labute approximate surface area is 201 Å². The molecule has 0 saturated heterocycles. The van der Waals surface area contributed by atoms with Crippen LogP contribution in [0, 0.1) is 5.92 Å². The average molecular weight is 475 g/mol. The molecular formula is C25H35ClN4O3. The lowest BCUT2D eigenvalue weighted by molar-refractivity contribution is -0.139. The fourth-order valence-corrected chi connectivity index (χ4v) is 4.29. The van der Waals surface area contributed by atoms with Gasteiger partial charge in [-0.1, -0.05) is 63.8 Å². The minimum atomic E-state index is -0.274. The van der Waals surface area contributed by atoms with Crippen molar-refractivity contribution in [3.8, 4) is 5.69 Å². The lowest BCUT2D eigenvalue weighted by atomic mass is 9.88. The number of para-hydroxylation sites is 1. The Morgan fingerprint density at radius 3 is 2.55 bits per heavy atom. The van der Waals surface area contributed by atoms with Crippen molar-refractivity contribution in [3.05, 3.63) is 41.0 Å². The molecule has 0 bridgehead atoms. The van der Waals surface area contributed by atoms with Crippen LogP contribution in [0.2, 0.25) is 5.02 Å². The Hall–Kier alpha value is -2.38. The number of amides is 2. The topological polar surface area (TPSA) is 76.5 Å². The molecule has 180 valence electrons. The first kappa shape index (κ1) is 25.2. The van der Waals surface area contributed by atoms with Crippen LogP contribution in [0.5, 0.6) is 0 Å². The molecule has 3 rings (SSSR count). The average Bonchev–Trinajstić information content (AvgIpc) is 3.21. The third-order valence-corrected chi connectivity index (χ3v) is 6.31. The number of carbonyl (C=O) groups is 2. The summed E-state index contributed by atoms with van der Waals surface area (Å²) in [4.78, 5) is 27.8. The number of nitrogens with zero attached hydrogens (tertiary/aromatic N) is 3. The fraction of sp³-hybridized carbons (Fsp3) is 0.560. The first-order chi connectivity index (χ1) is 15.7. The fourth-order valence-electron chi connectivity index (χ4n) is 4.08. The molecule has 1 fully saturated rings. The van der Waals surface area contributed by atoms with Gasteiger partial charge in [0.25, 0.3) is 0 Å². The Morgan fingerprint density at radius 2 is 1.91 bits per heavy atom. The number of nitrogens with one attached hydrogen (secondary N) is 1. The molecule has 2 aromatic rings. The van der Waals surface area contributed by atoms with E-state index in [0.29, 0.717) is 29.7 Å². The highest BCUT2D eigenvalue weighted by Gasteiger charge is 2.28. The Kier molecular flexibility index (Phi) is 8.54. The molecule has 1 N–H and O–H groups in total. The lowest BCUT2D eigenvalue weighted by Crippen LogP contribution is -2.43. The number of hydrogen-bond donors (Lipinski definition) is 1. The van der Waals surface area contributed by atoms with E-state index in [1.807, 2.05) is 24.3 Å². The van der Waals surface area contributed by atoms with Crippen LogP contribution in [0.4, 0.5) is 5.82 Å². The van der Waals surface area contributed by atoms with Gasteiger partial charge in [0.2, 0.25) is 11.8 Å². The number of methoxy groups -OCH3 is 1. The van der Waals surface area contributed by atoms with Gasteiger partial charge in [-0.2, -0.15) is 5.10 Å². The van der Waals surface area contributed by atoms with E-state index in [1.165, 1.54) is 6.42 Å². The van der Waals surface area contributed by atoms with Crippen LogP contribution in [0.3, 0.4) is 0 Å². The van der Waals surface area contributed by atoms with E-state index < -0.39 is 0 Å². The SMILES string of the molecule is COCCN(CC(=O)Nc1cc(C(C)(C)C)nn1-c1ccccc1Cl)C(=O)C1CCCCC1. The standard InChI is InChI=1S/C25H35ClN4O3/c1-25(2,3)21-16-22(30(28-21)20-13-9-8-12-19(20)26)27-23(31)17-29(14-15-33-4)24(32)18-10-6-5-7-11-18/h8-9,12-13,16,18H,5-7,10-11,14-15,17H2,1-4H3,(H,27,31). The molecule has 1 aromatic heterocycles. The van der Waals surface area contributed by atoms with Crippen molar-refractivity contribution >= 4 is 29.2 Å². The summed E-state index contributed by atoms with van der Waals surface area (Å²) in [5.41, 5.74) is 1.29. The summed E-state index contributed by atoms with van der Waals surface area (Å²) in [6.07, 6.45) is 5.07. The maximum atomic E-state index is 13.1. The summed E-state index contributed by atoms with van der Waals surface area (Å²) >= 11 is 6.42. The van der Waals surface area contributed by atoms with Gasteiger partial charge in [-0.25, -0.2) is 4.68 Å². The molecule has 1 heterocycles. The number of ether oxygens (including phenoxy) is 1. The number of anilines is 1. The van der Waals surface area contributed by atoms with Crippen LogP contribution >= 0.6 is 11.6 Å². The van der Waals surface area contributed by atoms with E-state index in [0.717, 1.165) is 31.4 Å². The molecule has 0 aliphatic heterocycles. The Morgan fingerprint density at radius 1 is 1.21 bits per heavy atom. The number of carbonyl (C=O) groups excluding carboxylic acids is 2. The van der Waals surface area contributed by atoms with Crippen molar-refractivity contribution in [1.82, 2.24) is 14.7 Å². The van der Waals surface area contributed by atoms with Crippen LogP contribution in [-0.4, -0.2) is 53.3 Å². The van der Waals surface area contributed by atoms with Crippen molar-refractivity contribution in [2.24, 2.45) is 5.92 Å². The molecule has 8 heteroatoms. The molecule has 0 unspecified atom stereocenters. The maximum absolute atomic E-state index is 13.1. The smallest absolute Gasteiger partial charge is 0.245 e. The summed E-state index contributed by atoms with van der Waals surface area (Å²) in [5.74, 6) is 0.278. The zero-order valence-corrected chi connectivity index (χ0v) is 20.8. The highest BCUT2D eigenvalue weighted by atomic mass is 35.5. The zero-order chi connectivity index (χ0) is 24.0. The second-order valence-electron chi connectivity index (χ2n) is 9.66. The van der Waals surface area contributed by atoms with Crippen molar-refractivity contribution in [2.75, 3.05) is 32.1 Å². The van der Waals surface area contributed by atoms with Gasteiger partial charge < -0.3 is 15.0 Å². The van der Waals surface area contributed by atoms with Crippen LogP contribution in [0.1, 0.15) is 58.6 Å². The minimum Gasteiger partial charge on any atom is -0.383 e. The van der Waals surface area contributed by atoms with Gasteiger partial charge in [0.15, 0.2) is 0 Å². The Bertz CT molecular complexity index is 961. The van der Waals surface area contributed by atoms with Gasteiger partial charge in [0.05, 0.1) is 29.6 Å². The van der Waals surface area contributed by atoms with Crippen molar-refractivity contribution in [3.63, 3.8) is 0 Å². The zero-order valence-electron chi connectivity index (χ0n) is 20.1. The number of aromatic nitrogens is 2. The normalized spacial score (nSPS) is 14.8. The molecule has 1 aliphatic carbocycles. The van der Waals surface area contributed by atoms with E-state index in [9.17, 15) is 9.59 Å². The number of benzene rings is 1. The molecule has 0 spiro atoms. The van der Waals surface area contributed by atoms with Crippen molar-refractivity contribution in [1.29, 1.82) is 0 Å². The Balaban J connectivity index is 1.82. The lowest BCUT2D eigenvalue weighted by Gasteiger charge is -2.28. The van der Waals surface area contributed by atoms with Crippen LogP contribution in [0.15, 0.2) is 30.3 Å². The molecule has 1 aromatic carbocycles. The van der Waals surface area contributed by atoms with E-state index in [-0.39, 0.29) is 29.7 Å². The number of rotatable bonds is 8. The quantitative estimate of drug-likeness (QED) is 0.595. The summed E-state index contributed by atoms with van der Waals surface area (Å²) in [6, 6.07) is 9.23. The minimum absolute atomic E-state index is 0.00967. The summed E-state index contributed by atoms with van der Waals surface area (Å²) in [7, 11) is 1.60. The van der Waals surface area contributed by atoms with Gasteiger partial charge >= 0.3 is 0 Å². The van der Waals surface area contributed by atoms with Crippen molar-refractivity contribution in [2.45, 2.75) is 58.3 Å². The predicted octanol–water partition coefficient (Wildman–Crippen LogP) is 4.82. The highest BCUT2D eigenvalue weighted by Crippen LogP contribution is 2.29. The summed E-state index contributed by atoms with van der Waals surface area (Å²) in [6.45, 7) is 6.93. The summed E-state index contributed by atoms with van der Waals surface area (Å²) in [5, 5.41) is 8.21. The van der Waals surface area contributed by atoms with Gasteiger partial charge in [-0.15, -0.1) is 0 Å². The monoisotopic (exact) mass is 474 g/mol.